The van der Waals surface area contributed by atoms with E-state index >= 15 is 0 Å². The highest BCUT2D eigenvalue weighted by molar-refractivity contribution is 5.85. The molecular weight excluding hydrogens is 188 g/mol. The smallest absolute Gasteiger partial charge is 0.314 e. The van der Waals surface area contributed by atoms with Crippen LogP contribution < -0.4 is 10.6 Å². The maximum absolute atomic E-state index is 11.0. The highest BCUT2D eigenvalue weighted by atomic mass is 16.4. The number of amides is 2. The number of ketones is 1. The number of nitrogens with one attached hydrogen (secondary N) is 2. The molecule has 0 saturated heterocycles. The van der Waals surface area contributed by atoms with Crippen molar-refractivity contribution in [1.29, 1.82) is 0 Å². The van der Waals surface area contributed by atoms with Gasteiger partial charge in [-0.3, -0.25) is 9.59 Å². The van der Waals surface area contributed by atoms with Crippen LogP contribution in [0.25, 0.3) is 0 Å². The van der Waals surface area contributed by atoms with Crippen molar-refractivity contribution in [2.24, 2.45) is 0 Å². The lowest BCUT2D eigenvalue weighted by Crippen LogP contribution is -2.36. The van der Waals surface area contributed by atoms with Gasteiger partial charge in [-0.05, 0) is 6.42 Å². The molecule has 0 bridgehead atoms. The Hall–Kier alpha value is -1.59. The van der Waals surface area contributed by atoms with Crippen molar-refractivity contribution in [2.75, 3.05) is 13.6 Å². The molecular formula is C8H14N2O4. The average Bonchev–Trinajstić information content (AvgIpc) is 2.13. The summed E-state index contributed by atoms with van der Waals surface area (Å²) in [6.07, 6.45) is 0.464. The van der Waals surface area contributed by atoms with Crippen LogP contribution in [0.5, 0.6) is 0 Å². The van der Waals surface area contributed by atoms with E-state index in [9.17, 15) is 14.4 Å². The van der Waals surface area contributed by atoms with Gasteiger partial charge in [0.25, 0.3) is 0 Å². The predicted octanol–water partition coefficient (Wildman–Crippen LogP) is -0.261. The van der Waals surface area contributed by atoms with Crippen molar-refractivity contribution in [3.8, 4) is 0 Å². The molecule has 6 nitrogen and oxygen atoms in total. The molecule has 0 aromatic heterocycles. The molecule has 0 aliphatic carbocycles. The minimum absolute atomic E-state index is 0.0221. The monoisotopic (exact) mass is 202 g/mol. The van der Waals surface area contributed by atoms with Gasteiger partial charge in [0.05, 0.1) is 6.54 Å². The lowest BCUT2D eigenvalue weighted by atomic mass is 10.2. The van der Waals surface area contributed by atoms with Crippen LogP contribution in [0, 0.1) is 0 Å². The van der Waals surface area contributed by atoms with Gasteiger partial charge < -0.3 is 15.7 Å². The van der Waals surface area contributed by atoms with E-state index in [2.05, 4.69) is 10.6 Å². The summed E-state index contributed by atoms with van der Waals surface area (Å²) in [5, 5.41) is 12.9. The number of Topliss-reactive ketones (excluding diaryl/α,β-unsaturated/α-hetero) is 1. The van der Waals surface area contributed by atoms with E-state index < -0.39 is 12.0 Å². The van der Waals surface area contributed by atoms with E-state index in [1.54, 1.807) is 0 Å². The maximum Gasteiger partial charge on any atom is 0.314 e. The van der Waals surface area contributed by atoms with Gasteiger partial charge in [0.15, 0.2) is 5.78 Å². The normalized spacial score (nSPS) is 9.21. The number of hydrogen-bond donors (Lipinski definition) is 3. The highest BCUT2D eigenvalue weighted by Crippen LogP contribution is 1.95. The first-order chi connectivity index (χ1) is 6.56. The second-order valence-electron chi connectivity index (χ2n) is 2.72. The van der Waals surface area contributed by atoms with Gasteiger partial charge in [-0.1, -0.05) is 0 Å². The lowest BCUT2D eigenvalue weighted by Gasteiger charge is -2.02. The van der Waals surface area contributed by atoms with Crippen LogP contribution in [0.1, 0.15) is 19.3 Å². The zero-order valence-corrected chi connectivity index (χ0v) is 8.00. The van der Waals surface area contributed by atoms with Gasteiger partial charge in [-0.25, -0.2) is 4.79 Å². The Balaban J connectivity index is 3.46. The molecule has 0 aliphatic rings. The Kier molecular flexibility index (Phi) is 6.09. The van der Waals surface area contributed by atoms with Crippen LogP contribution in [0.2, 0.25) is 0 Å². The molecule has 0 unspecified atom stereocenters. The number of rotatable bonds is 6. The van der Waals surface area contributed by atoms with Gasteiger partial charge in [0.2, 0.25) is 0 Å². The van der Waals surface area contributed by atoms with E-state index in [4.69, 9.17) is 5.11 Å². The third-order valence-electron chi connectivity index (χ3n) is 1.52. The maximum atomic E-state index is 11.0. The van der Waals surface area contributed by atoms with Crippen LogP contribution in [0.4, 0.5) is 4.79 Å². The SMILES string of the molecule is CNC(=O)NCC(=O)CCCC(=O)O. The van der Waals surface area contributed by atoms with Crippen LogP contribution in [-0.2, 0) is 9.59 Å². The number of carboxylic acids is 1. The lowest BCUT2D eigenvalue weighted by molar-refractivity contribution is -0.137. The fraction of sp³-hybridized carbons (Fsp3) is 0.625. The van der Waals surface area contributed by atoms with E-state index in [0.29, 0.717) is 6.42 Å². The summed E-state index contributed by atoms with van der Waals surface area (Å²) in [5.41, 5.74) is 0. The van der Waals surface area contributed by atoms with Crippen molar-refractivity contribution in [1.82, 2.24) is 10.6 Å². The number of carbonyl (C=O) groups is 3. The minimum atomic E-state index is -0.919. The highest BCUT2D eigenvalue weighted by Gasteiger charge is 2.05. The zero-order valence-electron chi connectivity index (χ0n) is 8.00. The molecule has 2 amide bonds. The van der Waals surface area contributed by atoms with E-state index in [-0.39, 0.29) is 25.2 Å². The quantitative estimate of drug-likeness (QED) is 0.553. The number of aliphatic carboxylic acids is 1. The van der Waals surface area contributed by atoms with Gasteiger partial charge in [-0.15, -0.1) is 0 Å². The molecule has 0 atom stereocenters. The first-order valence-electron chi connectivity index (χ1n) is 4.25. The number of carbonyl (C=O) groups excluding carboxylic acids is 2. The second-order valence-corrected chi connectivity index (χ2v) is 2.72. The van der Waals surface area contributed by atoms with Gasteiger partial charge >= 0.3 is 12.0 Å². The van der Waals surface area contributed by atoms with Gasteiger partial charge in [0, 0.05) is 19.9 Å². The van der Waals surface area contributed by atoms with Gasteiger partial charge in [0.1, 0.15) is 0 Å². The fourth-order valence-corrected chi connectivity index (χ4v) is 0.792. The summed E-state index contributed by atoms with van der Waals surface area (Å²) in [4.78, 5) is 31.7. The van der Waals surface area contributed by atoms with Crippen molar-refractivity contribution in [3.05, 3.63) is 0 Å². The topological polar surface area (TPSA) is 95.5 Å². The number of urea groups is 1. The van der Waals surface area contributed by atoms with Crippen LogP contribution in [0.3, 0.4) is 0 Å². The van der Waals surface area contributed by atoms with Crippen molar-refractivity contribution in [2.45, 2.75) is 19.3 Å². The molecule has 0 heterocycles. The average molecular weight is 202 g/mol. The largest absolute Gasteiger partial charge is 0.481 e. The number of carboxylic acid groups (broad SMARTS) is 1. The van der Waals surface area contributed by atoms with Crippen LogP contribution >= 0.6 is 0 Å². The van der Waals surface area contributed by atoms with Crippen molar-refractivity contribution >= 4 is 17.8 Å². The molecule has 0 fully saturated rings. The third-order valence-corrected chi connectivity index (χ3v) is 1.52. The summed E-state index contributed by atoms with van der Waals surface area (Å²) in [6, 6.07) is -0.420. The van der Waals surface area contributed by atoms with E-state index in [1.165, 1.54) is 7.05 Å². The zero-order chi connectivity index (χ0) is 11.0. The molecule has 3 N–H and O–H groups in total. The molecule has 0 aliphatic heterocycles. The second kappa shape index (κ2) is 6.88. The summed E-state index contributed by atoms with van der Waals surface area (Å²) in [7, 11) is 1.45. The predicted molar refractivity (Wildman–Crippen MR) is 49.0 cm³/mol. The number of hydrogen-bond acceptors (Lipinski definition) is 3. The minimum Gasteiger partial charge on any atom is -0.481 e. The van der Waals surface area contributed by atoms with Crippen molar-refractivity contribution < 1.29 is 19.5 Å². The van der Waals surface area contributed by atoms with Gasteiger partial charge in [-0.2, -0.15) is 0 Å². The third kappa shape index (κ3) is 7.08. The Morgan fingerprint density at radius 3 is 2.36 bits per heavy atom. The molecule has 0 spiro atoms. The van der Waals surface area contributed by atoms with E-state index in [1.807, 2.05) is 0 Å². The molecule has 80 valence electrons. The molecule has 0 saturated carbocycles. The first kappa shape index (κ1) is 12.4. The summed E-state index contributed by atoms with van der Waals surface area (Å²) < 4.78 is 0. The molecule has 0 rings (SSSR count). The summed E-state index contributed by atoms with van der Waals surface area (Å²) in [5.74, 6) is -1.09. The molecule has 0 radical (unpaired) electrons. The Morgan fingerprint density at radius 1 is 1.21 bits per heavy atom. The fourth-order valence-electron chi connectivity index (χ4n) is 0.792. The summed E-state index contributed by atoms with van der Waals surface area (Å²) >= 11 is 0. The first-order valence-corrected chi connectivity index (χ1v) is 4.25. The summed E-state index contributed by atoms with van der Waals surface area (Å²) in [6.45, 7) is -0.0563. The molecule has 14 heavy (non-hydrogen) atoms. The van der Waals surface area contributed by atoms with Crippen LogP contribution in [0.15, 0.2) is 0 Å². The Bertz CT molecular complexity index is 227. The van der Waals surface area contributed by atoms with Crippen LogP contribution in [-0.4, -0.2) is 36.5 Å². The Morgan fingerprint density at radius 2 is 1.86 bits per heavy atom. The molecule has 0 aromatic rings. The van der Waals surface area contributed by atoms with Crippen molar-refractivity contribution in [3.63, 3.8) is 0 Å². The Labute approximate surface area is 81.7 Å². The molecule has 0 aromatic carbocycles. The van der Waals surface area contributed by atoms with E-state index in [0.717, 1.165) is 0 Å². The standard InChI is InChI=1S/C8H14N2O4/c1-9-8(14)10-5-6(11)3-2-4-7(12)13/h2-5H2,1H3,(H,12,13)(H2,9,10,14). The molecule has 6 heteroatoms.